The number of Topliss-reactive ketones (excluding diaryl/α,β-unsaturated/α-hetero) is 1. The summed E-state index contributed by atoms with van der Waals surface area (Å²) >= 11 is 1.67. The molecule has 3 N–H and O–H groups in total. The molecule has 1 aliphatic heterocycles. The average Bonchev–Trinajstić information content (AvgIpc) is 3.18. The number of phenols is 2. The van der Waals surface area contributed by atoms with E-state index in [1.807, 2.05) is 17.5 Å². The van der Waals surface area contributed by atoms with E-state index < -0.39 is 23.7 Å². The number of carbonyl (C=O) groups is 1. The third-order valence-corrected chi connectivity index (χ3v) is 5.44. The summed E-state index contributed by atoms with van der Waals surface area (Å²) in [5.74, 6) is -0.690. The second-order valence-electron chi connectivity index (χ2n) is 6.44. The lowest BCUT2D eigenvalue weighted by atomic mass is 9.93. The van der Waals surface area contributed by atoms with Crippen LogP contribution in [0.2, 0.25) is 0 Å². The minimum absolute atomic E-state index is 0.0295. The molecule has 1 aromatic heterocycles. The molecular weight excluding hydrogens is 380 g/mol. The van der Waals surface area contributed by atoms with E-state index in [1.165, 1.54) is 10.9 Å². The van der Waals surface area contributed by atoms with Gasteiger partial charge in [0.05, 0.1) is 6.61 Å². The van der Waals surface area contributed by atoms with Gasteiger partial charge in [-0.05, 0) is 29.1 Å². The smallest absolute Gasteiger partial charge is 0.202 e. The van der Waals surface area contributed by atoms with Gasteiger partial charge in [0.15, 0.2) is 12.2 Å². The molecule has 0 spiro atoms. The van der Waals surface area contributed by atoms with Gasteiger partial charge in [-0.2, -0.15) is 0 Å². The molecule has 2 atom stereocenters. The molecule has 28 heavy (non-hydrogen) atoms. The van der Waals surface area contributed by atoms with Crippen molar-refractivity contribution in [3.8, 4) is 23.0 Å². The molecular formula is C21H18O6S. The summed E-state index contributed by atoms with van der Waals surface area (Å²) in [6.45, 7) is 0.502. The second kappa shape index (κ2) is 7.53. The van der Waals surface area contributed by atoms with Crippen LogP contribution in [0.3, 0.4) is 0 Å². The van der Waals surface area contributed by atoms with Crippen molar-refractivity contribution < 1.29 is 29.6 Å². The molecule has 3 aromatic rings. The van der Waals surface area contributed by atoms with Gasteiger partial charge in [0.1, 0.15) is 28.6 Å². The van der Waals surface area contributed by atoms with Crippen LogP contribution in [-0.2, 0) is 6.42 Å². The van der Waals surface area contributed by atoms with Crippen LogP contribution in [0.15, 0.2) is 53.9 Å². The molecule has 0 unspecified atom stereocenters. The van der Waals surface area contributed by atoms with Crippen LogP contribution in [0.5, 0.6) is 23.0 Å². The first-order valence-corrected chi connectivity index (χ1v) is 9.61. The van der Waals surface area contributed by atoms with Crippen LogP contribution in [0.4, 0.5) is 0 Å². The molecule has 7 heteroatoms. The average molecular weight is 398 g/mol. The number of ether oxygens (including phenoxy) is 2. The predicted octanol–water partition coefficient (Wildman–Crippen LogP) is 3.46. The van der Waals surface area contributed by atoms with Crippen molar-refractivity contribution >= 4 is 17.1 Å². The number of carbonyl (C=O) groups excluding carboxylic acids is 1. The Balaban J connectivity index is 1.54. The summed E-state index contributed by atoms with van der Waals surface area (Å²) < 4.78 is 11.5. The number of aliphatic hydroxyl groups excluding tert-OH is 1. The standard InChI is InChI=1S/C21H18O6S/c22-13-10-16(23)18-17(11-13)27-21(20(25)19(18)24)12-3-1-4-14(9-12)26-7-6-15-5-2-8-28-15/h1-5,8-11,20-23,25H,6-7H2/t20-,21+/m0/s1. The summed E-state index contributed by atoms with van der Waals surface area (Å²) in [5.41, 5.74) is 0.424. The molecule has 0 saturated carbocycles. The topological polar surface area (TPSA) is 96.2 Å². The zero-order valence-corrected chi connectivity index (χ0v) is 15.6. The number of aliphatic hydroxyl groups is 1. The number of ketones is 1. The molecule has 0 aliphatic carbocycles. The maximum absolute atomic E-state index is 12.5. The lowest BCUT2D eigenvalue weighted by molar-refractivity contribution is 0.0210. The fourth-order valence-electron chi connectivity index (χ4n) is 3.17. The SMILES string of the molecule is O=C1c2c(O)cc(O)cc2O[C@H](c2cccc(OCCc3cccs3)c2)[C@H]1O. The van der Waals surface area contributed by atoms with E-state index in [1.54, 1.807) is 35.6 Å². The first kappa shape index (κ1) is 18.3. The van der Waals surface area contributed by atoms with Gasteiger partial charge in [0.25, 0.3) is 0 Å². The Bertz CT molecular complexity index is 998. The normalized spacial score (nSPS) is 18.4. The predicted molar refractivity (Wildman–Crippen MR) is 103 cm³/mol. The summed E-state index contributed by atoms with van der Waals surface area (Å²) in [7, 11) is 0. The molecule has 0 fully saturated rings. The van der Waals surface area contributed by atoms with Crippen LogP contribution < -0.4 is 9.47 Å². The van der Waals surface area contributed by atoms with Crippen molar-refractivity contribution in [2.45, 2.75) is 18.6 Å². The molecule has 2 heterocycles. The highest BCUT2D eigenvalue weighted by Gasteiger charge is 2.39. The second-order valence-corrected chi connectivity index (χ2v) is 7.47. The summed E-state index contributed by atoms with van der Waals surface area (Å²) in [4.78, 5) is 13.7. The highest BCUT2D eigenvalue weighted by Crippen LogP contribution is 2.42. The summed E-state index contributed by atoms with van der Waals surface area (Å²) in [5, 5.41) is 32.0. The van der Waals surface area contributed by atoms with Gasteiger partial charge < -0.3 is 24.8 Å². The van der Waals surface area contributed by atoms with E-state index in [-0.39, 0.29) is 17.1 Å². The highest BCUT2D eigenvalue weighted by atomic mass is 32.1. The highest BCUT2D eigenvalue weighted by molar-refractivity contribution is 7.09. The fourth-order valence-corrected chi connectivity index (χ4v) is 3.86. The molecule has 4 rings (SSSR count). The van der Waals surface area contributed by atoms with Crippen molar-refractivity contribution in [3.05, 3.63) is 69.9 Å². The number of phenolic OH excluding ortho intramolecular Hbond substituents is 2. The van der Waals surface area contributed by atoms with Gasteiger partial charge in [0, 0.05) is 23.4 Å². The van der Waals surface area contributed by atoms with E-state index in [0.717, 1.165) is 12.5 Å². The number of hydrogen-bond donors (Lipinski definition) is 3. The monoisotopic (exact) mass is 398 g/mol. The largest absolute Gasteiger partial charge is 0.508 e. The Morgan fingerprint density at radius 1 is 1.11 bits per heavy atom. The molecule has 0 radical (unpaired) electrons. The maximum atomic E-state index is 12.5. The van der Waals surface area contributed by atoms with Gasteiger partial charge >= 0.3 is 0 Å². The minimum Gasteiger partial charge on any atom is -0.508 e. The van der Waals surface area contributed by atoms with E-state index in [4.69, 9.17) is 9.47 Å². The number of rotatable bonds is 5. The first-order valence-electron chi connectivity index (χ1n) is 8.73. The third-order valence-electron chi connectivity index (χ3n) is 4.51. The molecule has 2 aromatic carbocycles. The number of thiophene rings is 1. The quantitative estimate of drug-likeness (QED) is 0.609. The molecule has 0 amide bonds. The number of benzene rings is 2. The third kappa shape index (κ3) is 3.54. The number of fused-ring (bicyclic) bond motifs is 1. The van der Waals surface area contributed by atoms with Crippen molar-refractivity contribution in [3.63, 3.8) is 0 Å². The summed E-state index contributed by atoms with van der Waals surface area (Å²) in [6.07, 6.45) is -1.67. The van der Waals surface area contributed by atoms with Crippen LogP contribution >= 0.6 is 11.3 Å². The van der Waals surface area contributed by atoms with Gasteiger partial charge in [-0.25, -0.2) is 0 Å². The Morgan fingerprint density at radius 2 is 1.96 bits per heavy atom. The zero-order chi connectivity index (χ0) is 19.7. The van der Waals surface area contributed by atoms with Gasteiger partial charge in [-0.1, -0.05) is 18.2 Å². The molecule has 0 bridgehead atoms. The lowest BCUT2D eigenvalue weighted by Crippen LogP contribution is -2.36. The molecule has 1 aliphatic rings. The van der Waals surface area contributed by atoms with E-state index in [9.17, 15) is 20.1 Å². The molecule has 0 saturated heterocycles. The Kier molecular flexibility index (Phi) is 4.93. The Morgan fingerprint density at radius 3 is 2.75 bits per heavy atom. The van der Waals surface area contributed by atoms with Gasteiger partial charge in [-0.15, -0.1) is 11.3 Å². The van der Waals surface area contributed by atoms with Crippen molar-refractivity contribution in [2.24, 2.45) is 0 Å². The maximum Gasteiger partial charge on any atom is 0.202 e. The lowest BCUT2D eigenvalue weighted by Gasteiger charge is -2.30. The Hall–Kier alpha value is -3.03. The van der Waals surface area contributed by atoms with Crippen molar-refractivity contribution in [1.29, 1.82) is 0 Å². The van der Waals surface area contributed by atoms with Crippen molar-refractivity contribution in [1.82, 2.24) is 0 Å². The van der Waals surface area contributed by atoms with Crippen LogP contribution in [0, 0.1) is 0 Å². The molecule has 144 valence electrons. The summed E-state index contributed by atoms with van der Waals surface area (Å²) in [6, 6.07) is 13.3. The van der Waals surface area contributed by atoms with Crippen LogP contribution in [0.1, 0.15) is 26.9 Å². The number of aromatic hydroxyl groups is 2. The fraction of sp³-hybridized carbons (Fsp3) is 0.190. The van der Waals surface area contributed by atoms with E-state index >= 15 is 0 Å². The van der Waals surface area contributed by atoms with Gasteiger partial charge in [0.2, 0.25) is 5.78 Å². The van der Waals surface area contributed by atoms with E-state index in [0.29, 0.717) is 17.9 Å². The van der Waals surface area contributed by atoms with E-state index in [2.05, 4.69) is 0 Å². The Labute approximate surface area is 165 Å². The van der Waals surface area contributed by atoms with Crippen molar-refractivity contribution in [2.75, 3.05) is 6.61 Å². The minimum atomic E-state index is -1.48. The molecule has 6 nitrogen and oxygen atoms in total. The van der Waals surface area contributed by atoms with Gasteiger partial charge in [-0.3, -0.25) is 4.79 Å². The zero-order valence-electron chi connectivity index (χ0n) is 14.7. The number of hydrogen-bond acceptors (Lipinski definition) is 7. The van der Waals surface area contributed by atoms with Crippen LogP contribution in [-0.4, -0.2) is 33.8 Å². The first-order chi connectivity index (χ1) is 13.5. The van der Waals surface area contributed by atoms with Crippen LogP contribution in [0.25, 0.3) is 0 Å².